The molecule has 1 aromatic heterocycles. The monoisotopic (exact) mass is 176 g/mol. The Morgan fingerprint density at radius 2 is 2.00 bits per heavy atom. The molecule has 0 spiro atoms. The van der Waals surface area contributed by atoms with Crippen molar-refractivity contribution in [3.8, 4) is 5.75 Å². The van der Waals surface area contributed by atoms with E-state index < -0.39 is 0 Å². The van der Waals surface area contributed by atoms with E-state index in [1.165, 1.54) is 0 Å². The van der Waals surface area contributed by atoms with Crippen molar-refractivity contribution >= 4 is 11.0 Å². The zero-order valence-corrected chi connectivity index (χ0v) is 8.05. The molecule has 0 aliphatic carbocycles. The molecule has 0 unspecified atom stereocenters. The number of hydrogen-bond acceptors (Lipinski definition) is 2. The highest BCUT2D eigenvalue weighted by atomic mass is 16.5. The molecule has 2 aromatic rings. The fourth-order valence-corrected chi connectivity index (χ4v) is 1.55. The molecule has 0 aliphatic heterocycles. The lowest BCUT2D eigenvalue weighted by Crippen LogP contribution is -1.89. The van der Waals surface area contributed by atoms with Gasteiger partial charge in [-0.2, -0.15) is 0 Å². The Hall–Kier alpha value is -1.44. The molecule has 2 heteroatoms. The normalized spacial score (nSPS) is 10.7. The zero-order chi connectivity index (χ0) is 9.42. The number of furan rings is 1. The van der Waals surface area contributed by atoms with Crippen molar-refractivity contribution in [1.82, 2.24) is 0 Å². The van der Waals surface area contributed by atoms with Crippen LogP contribution >= 0.6 is 0 Å². The zero-order valence-electron chi connectivity index (χ0n) is 8.05. The second kappa shape index (κ2) is 2.80. The second-order valence-corrected chi connectivity index (χ2v) is 3.17. The van der Waals surface area contributed by atoms with Gasteiger partial charge in [-0.05, 0) is 37.1 Å². The molecule has 1 heterocycles. The van der Waals surface area contributed by atoms with Crippen LogP contribution < -0.4 is 4.74 Å². The largest absolute Gasteiger partial charge is 0.496 e. The van der Waals surface area contributed by atoms with Crippen molar-refractivity contribution in [3.05, 3.63) is 29.5 Å². The van der Waals surface area contributed by atoms with Crippen LogP contribution in [0.3, 0.4) is 0 Å². The predicted molar refractivity (Wildman–Crippen MR) is 52.2 cm³/mol. The Bertz CT molecular complexity index is 441. The van der Waals surface area contributed by atoms with Gasteiger partial charge in [0, 0.05) is 5.39 Å². The number of hydrogen-bond donors (Lipinski definition) is 0. The third-order valence-electron chi connectivity index (χ3n) is 2.47. The van der Waals surface area contributed by atoms with Crippen molar-refractivity contribution in [1.29, 1.82) is 0 Å². The third kappa shape index (κ3) is 1.10. The van der Waals surface area contributed by atoms with E-state index in [0.717, 1.165) is 27.8 Å². The minimum Gasteiger partial charge on any atom is -0.496 e. The maximum absolute atomic E-state index is 5.37. The number of aryl methyl sites for hydroxylation is 1. The van der Waals surface area contributed by atoms with Crippen molar-refractivity contribution in [2.75, 3.05) is 7.11 Å². The molecule has 2 nitrogen and oxygen atoms in total. The molecule has 13 heavy (non-hydrogen) atoms. The number of rotatable bonds is 1. The summed E-state index contributed by atoms with van der Waals surface area (Å²) in [6, 6.07) is 3.95. The Balaban J connectivity index is 2.83. The van der Waals surface area contributed by atoms with Crippen molar-refractivity contribution in [3.63, 3.8) is 0 Å². The highest BCUT2D eigenvalue weighted by Crippen LogP contribution is 2.30. The molecule has 0 aliphatic rings. The van der Waals surface area contributed by atoms with E-state index in [0.29, 0.717) is 0 Å². The van der Waals surface area contributed by atoms with Crippen LogP contribution in [0.4, 0.5) is 0 Å². The third-order valence-corrected chi connectivity index (χ3v) is 2.47. The van der Waals surface area contributed by atoms with Crippen molar-refractivity contribution < 1.29 is 9.15 Å². The number of benzene rings is 1. The molecule has 0 amide bonds. The highest BCUT2D eigenvalue weighted by Gasteiger charge is 2.08. The number of ether oxygens (including phenoxy) is 1. The molecule has 0 fully saturated rings. The summed E-state index contributed by atoms with van der Waals surface area (Å²) in [5, 5.41) is 1.10. The Labute approximate surface area is 77.1 Å². The first kappa shape index (κ1) is 8.17. The molecule has 0 saturated carbocycles. The van der Waals surface area contributed by atoms with Gasteiger partial charge in [-0.15, -0.1) is 0 Å². The summed E-state index contributed by atoms with van der Waals surface area (Å²) >= 11 is 0. The molecule has 1 aromatic carbocycles. The first-order valence-electron chi connectivity index (χ1n) is 4.25. The smallest absolute Gasteiger partial charge is 0.137 e. The molecule has 0 N–H and O–H groups in total. The standard InChI is InChI=1S/C11H12O2/c1-7-8(2)11-9(4-5-13-11)6-10(7)12-3/h4-6H,1-3H3. The molecule has 68 valence electrons. The maximum atomic E-state index is 5.37. The van der Waals surface area contributed by atoms with Gasteiger partial charge in [-0.25, -0.2) is 0 Å². The van der Waals surface area contributed by atoms with Crippen molar-refractivity contribution in [2.45, 2.75) is 13.8 Å². The minimum atomic E-state index is 0.923. The van der Waals surface area contributed by atoms with Crippen LogP contribution in [0.25, 0.3) is 11.0 Å². The molecular formula is C11H12O2. The Morgan fingerprint density at radius 3 is 2.69 bits per heavy atom. The lowest BCUT2D eigenvalue weighted by molar-refractivity contribution is 0.411. The predicted octanol–water partition coefficient (Wildman–Crippen LogP) is 3.06. The molecule has 2 rings (SSSR count). The molecular weight excluding hydrogens is 164 g/mol. The summed E-state index contributed by atoms with van der Waals surface area (Å²) in [7, 11) is 1.69. The first-order chi connectivity index (χ1) is 6.24. The number of methoxy groups -OCH3 is 1. The van der Waals surface area contributed by atoms with Gasteiger partial charge in [0.15, 0.2) is 0 Å². The van der Waals surface area contributed by atoms with Gasteiger partial charge in [0.25, 0.3) is 0 Å². The molecule has 0 radical (unpaired) electrons. The summed E-state index contributed by atoms with van der Waals surface area (Å²) in [6.45, 7) is 4.08. The van der Waals surface area contributed by atoms with Crippen LogP contribution in [0.2, 0.25) is 0 Å². The van der Waals surface area contributed by atoms with Crippen LogP contribution in [0, 0.1) is 13.8 Å². The van der Waals surface area contributed by atoms with Gasteiger partial charge in [0.05, 0.1) is 13.4 Å². The Morgan fingerprint density at radius 1 is 1.23 bits per heavy atom. The topological polar surface area (TPSA) is 22.4 Å². The van der Waals surface area contributed by atoms with Crippen LogP contribution in [0.1, 0.15) is 11.1 Å². The lowest BCUT2D eigenvalue weighted by Gasteiger charge is -2.07. The Kier molecular flexibility index (Phi) is 1.76. The van der Waals surface area contributed by atoms with Gasteiger partial charge in [-0.1, -0.05) is 0 Å². The van der Waals surface area contributed by atoms with Crippen molar-refractivity contribution in [2.24, 2.45) is 0 Å². The van der Waals surface area contributed by atoms with E-state index in [2.05, 4.69) is 0 Å². The maximum Gasteiger partial charge on any atom is 0.137 e. The quantitative estimate of drug-likeness (QED) is 0.666. The van der Waals surface area contributed by atoms with Crippen LogP contribution in [0.5, 0.6) is 5.75 Å². The second-order valence-electron chi connectivity index (χ2n) is 3.17. The number of fused-ring (bicyclic) bond motifs is 1. The summed E-state index contributed by atoms with van der Waals surface area (Å²) < 4.78 is 10.6. The van der Waals surface area contributed by atoms with E-state index in [9.17, 15) is 0 Å². The fraction of sp³-hybridized carbons (Fsp3) is 0.273. The van der Waals surface area contributed by atoms with Gasteiger partial charge >= 0.3 is 0 Å². The highest BCUT2D eigenvalue weighted by molar-refractivity contribution is 5.83. The average Bonchev–Trinajstić information content (AvgIpc) is 2.59. The summed E-state index contributed by atoms with van der Waals surface area (Å²) in [5.74, 6) is 0.923. The van der Waals surface area contributed by atoms with Crippen LogP contribution in [0.15, 0.2) is 22.8 Å². The van der Waals surface area contributed by atoms with E-state index >= 15 is 0 Å². The minimum absolute atomic E-state index is 0.923. The first-order valence-corrected chi connectivity index (χ1v) is 4.25. The molecule has 0 saturated heterocycles. The summed E-state index contributed by atoms with van der Waals surface area (Å²) in [6.07, 6.45) is 1.70. The SMILES string of the molecule is COc1cc2ccoc2c(C)c1C. The molecule has 0 bridgehead atoms. The fourth-order valence-electron chi connectivity index (χ4n) is 1.55. The lowest BCUT2D eigenvalue weighted by atomic mass is 10.1. The molecule has 0 atom stereocenters. The van der Waals surface area contributed by atoms with E-state index in [4.69, 9.17) is 9.15 Å². The van der Waals surface area contributed by atoms with Gasteiger partial charge in [-0.3, -0.25) is 0 Å². The van der Waals surface area contributed by atoms with Crippen LogP contribution in [-0.4, -0.2) is 7.11 Å². The average molecular weight is 176 g/mol. The van der Waals surface area contributed by atoms with E-state index in [1.807, 2.05) is 26.0 Å². The summed E-state index contributed by atoms with van der Waals surface area (Å²) in [5.41, 5.74) is 3.25. The van der Waals surface area contributed by atoms with Gasteiger partial charge in [0.2, 0.25) is 0 Å². The van der Waals surface area contributed by atoms with E-state index in [-0.39, 0.29) is 0 Å². The van der Waals surface area contributed by atoms with Crippen LogP contribution in [-0.2, 0) is 0 Å². The van der Waals surface area contributed by atoms with E-state index in [1.54, 1.807) is 13.4 Å². The van der Waals surface area contributed by atoms with Gasteiger partial charge in [0.1, 0.15) is 11.3 Å². The summed E-state index contributed by atoms with van der Waals surface area (Å²) in [4.78, 5) is 0. The van der Waals surface area contributed by atoms with Gasteiger partial charge < -0.3 is 9.15 Å².